The maximum Gasteiger partial charge on any atom is 1.00 e. The van der Waals surface area contributed by atoms with Crippen LogP contribution in [-0.2, 0) is 0 Å². The maximum absolute atomic E-state index is 10.7. The summed E-state index contributed by atoms with van der Waals surface area (Å²) in [5, 5.41) is 13.7. The summed E-state index contributed by atoms with van der Waals surface area (Å²) in [6.07, 6.45) is 1.69. The number of carboxylic acid groups (broad SMARTS) is 1. The SMILES string of the molecule is Cc1ccnc(Nc2cccc(C(=O)[O-])c2)c1.[Li+]. The van der Waals surface area contributed by atoms with Crippen molar-refractivity contribution >= 4 is 17.5 Å². The second-order valence-corrected chi connectivity index (χ2v) is 3.71. The number of pyridine rings is 1. The second kappa shape index (κ2) is 6.25. The number of aromatic nitrogens is 1. The fraction of sp³-hybridized carbons (Fsp3) is 0.0769. The number of nitrogens with one attached hydrogen (secondary N) is 1. The third kappa shape index (κ3) is 3.62. The fourth-order valence-electron chi connectivity index (χ4n) is 1.48. The number of carbonyl (C=O) groups is 1. The number of carbonyl (C=O) groups excluding carboxylic acids is 1. The van der Waals surface area contributed by atoms with Crippen molar-refractivity contribution in [1.29, 1.82) is 0 Å². The van der Waals surface area contributed by atoms with Gasteiger partial charge < -0.3 is 15.2 Å². The first-order valence-electron chi connectivity index (χ1n) is 5.16. The standard InChI is InChI=1S/C13H12N2O2.Li/c1-9-5-6-14-12(7-9)15-11-4-2-3-10(8-11)13(16)17;/h2-8H,1H3,(H,14,15)(H,16,17);/q;+1/p-1. The van der Waals surface area contributed by atoms with Crippen LogP contribution in [0.15, 0.2) is 42.6 Å². The molecule has 0 aliphatic rings. The Bertz CT molecular complexity index is 558. The Morgan fingerprint density at radius 2 is 2.06 bits per heavy atom. The third-order valence-corrected chi connectivity index (χ3v) is 2.29. The third-order valence-electron chi connectivity index (χ3n) is 2.29. The maximum atomic E-state index is 10.7. The normalized spacial score (nSPS) is 9.39. The number of hydrogen-bond acceptors (Lipinski definition) is 4. The molecule has 0 fully saturated rings. The van der Waals surface area contributed by atoms with Crippen molar-refractivity contribution < 1.29 is 28.8 Å². The first kappa shape index (κ1) is 14.3. The summed E-state index contributed by atoms with van der Waals surface area (Å²) in [6.45, 7) is 1.96. The first-order chi connectivity index (χ1) is 8.15. The molecule has 18 heavy (non-hydrogen) atoms. The molecule has 4 nitrogen and oxygen atoms in total. The zero-order chi connectivity index (χ0) is 12.3. The number of benzene rings is 1. The van der Waals surface area contributed by atoms with E-state index in [1.807, 2.05) is 19.1 Å². The summed E-state index contributed by atoms with van der Waals surface area (Å²) in [5.74, 6) is -0.508. The van der Waals surface area contributed by atoms with Gasteiger partial charge in [-0.25, -0.2) is 4.98 Å². The van der Waals surface area contributed by atoms with Crippen molar-refractivity contribution in [3.8, 4) is 0 Å². The van der Waals surface area contributed by atoms with Gasteiger partial charge in [-0.2, -0.15) is 0 Å². The Kier molecular flexibility index (Phi) is 4.96. The second-order valence-electron chi connectivity index (χ2n) is 3.71. The molecule has 86 valence electrons. The topological polar surface area (TPSA) is 65.0 Å². The number of anilines is 2. The smallest absolute Gasteiger partial charge is 0.545 e. The van der Waals surface area contributed by atoms with Gasteiger partial charge in [0.05, 0.1) is 5.97 Å². The number of aryl methyl sites for hydroxylation is 1. The van der Waals surface area contributed by atoms with E-state index in [9.17, 15) is 9.90 Å². The Balaban J connectivity index is 0.00000162. The van der Waals surface area contributed by atoms with Gasteiger partial charge in [-0.15, -0.1) is 0 Å². The van der Waals surface area contributed by atoms with E-state index in [2.05, 4.69) is 10.3 Å². The van der Waals surface area contributed by atoms with Crippen LogP contribution in [0.2, 0.25) is 0 Å². The van der Waals surface area contributed by atoms with Crippen molar-refractivity contribution in [2.45, 2.75) is 6.92 Å². The van der Waals surface area contributed by atoms with Gasteiger partial charge in [-0.1, -0.05) is 12.1 Å². The predicted octanol–water partition coefficient (Wildman–Crippen LogP) is -1.50. The molecule has 2 aromatic rings. The molecule has 0 atom stereocenters. The molecule has 2 rings (SSSR count). The molecular formula is C13H11LiN2O2. The van der Waals surface area contributed by atoms with Crippen LogP contribution in [0.4, 0.5) is 11.5 Å². The van der Waals surface area contributed by atoms with Gasteiger partial charge in [0, 0.05) is 11.9 Å². The van der Waals surface area contributed by atoms with E-state index >= 15 is 0 Å². The van der Waals surface area contributed by atoms with Gasteiger partial charge in [0.15, 0.2) is 0 Å². The van der Waals surface area contributed by atoms with Gasteiger partial charge in [0.2, 0.25) is 0 Å². The Hall–Kier alpha value is -1.76. The number of carboxylic acids is 1. The molecule has 0 saturated carbocycles. The van der Waals surface area contributed by atoms with Gasteiger partial charge in [-0.05, 0) is 42.3 Å². The van der Waals surface area contributed by atoms with Crippen LogP contribution in [-0.4, -0.2) is 11.0 Å². The molecule has 5 heteroatoms. The summed E-state index contributed by atoms with van der Waals surface area (Å²) in [7, 11) is 0. The molecule has 0 spiro atoms. The molecule has 0 bridgehead atoms. The minimum atomic E-state index is -1.19. The van der Waals surface area contributed by atoms with Gasteiger partial charge in [0.25, 0.3) is 0 Å². The molecule has 1 heterocycles. The van der Waals surface area contributed by atoms with E-state index in [-0.39, 0.29) is 24.4 Å². The van der Waals surface area contributed by atoms with Crippen LogP contribution < -0.4 is 29.3 Å². The molecule has 0 saturated heterocycles. The van der Waals surface area contributed by atoms with E-state index in [0.29, 0.717) is 11.5 Å². The summed E-state index contributed by atoms with van der Waals surface area (Å²) in [4.78, 5) is 14.8. The first-order valence-corrected chi connectivity index (χ1v) is 5.16. The summed E-state index contributed by atoms with van der Waals surface area (Å²) in [6, 6.07) is 10.2. The molecule has 0 unspecified atom stereocenters. The minimum Gasteiger partial charge on any atom is -0.545 e. The number of rotatable bonds is 3. The molecule has 1 aromatic carbocycles. The number of aromatic carboxylic acids is 1. The van der Waals surface area contributed by atoms with Gasteiger partial charge >= 0.3 is 18.9 Å². The zero-order valence-electron chi connectivity index (χ0n) is 10.3. The van der Waals surface area contributed by atoms with Gasteiger partial charge in [0.1, 0.15) is 5.82 Å². The quantitative estimate of drug-likeness (QED) is 0.656. The van der Waals surface area contributed by atoms with E-state index < -0.39 is 5.97 Å². The van der Waals surface area contributed by atoms with E-state index in [1.165, 1.54) is 12.1 Å². The number of hydrogen-bond donors (Lipinski definition) is 1. The van der Waals surface area contributed by atoms with Crippen LogP contribution in [0.25, 0.3) is 0 Å². The van der Waals surface area contributed by atoms with Crippen LogP contribution >= 0.6 is 0 Å². The summed E-state index contributed by atoms with van der Waals surface area (Å²) >= 11 is 0. The predicted molar refractivity (Wildman–Crippen MR) is 63.0 cm³/mol. The van der Waals surface area contributed by atoms with Crippen LogP contribution in [0.3, 0.4) is 0 Å². The van der Waals surface area contributed by atoms with Crippen molar-refractivity contribution in [2.24, 2.45) is 0 Å². The van der Waals surface area contributed by atoms with Crippen molar-refractivity contribution in [3.05, 3.63) is 53.7 Å². The Morgan fingerprint density at radius 1 is 1.28 bits per heavy atom. The zero-order valence-corrected chi connectivity index (χ0v) is 10.3. The minimum absolute atomic E-state index is 0. The largest absolute Gasteiger partial charge is 1.00 e. The molecule has 0 radical (unpaired) electrons. The van der Waals surface area contributed by atoms with Crippen molar-refractivity contribution in [2.75, 3.05) is 5.32 Å². The molecule has 1 aromatic heterocycles. The fourth-order valence-corrected chi connectivity index (χ4v) is 1.48. The average molecular weight is 234 g/mol. The van der Waals surface area contributed by atoms with E-state index in [4.69, 9.17) is 0 Å². The van der Waals surface area contributed by atoms with Crippen LogP contribution in [0.5, 0.6) is 0 Å². The molecule has 0 amide bonds. The van der Waals surface area contributed by atoms with Crippen molar-refractivity contribution in [1.82, 2.24) is 4.98 Å². The monoisotopic (exact) mass is 234 g/mol. The molecular weight excluding hydrogens is 223 g/mol. The Morgan fingerprint density at radius 3 is 2.72 bits per heavy atom. The molecule has 1 N–H and O–H groups in total. The summed E-state index contributed by atoms with van der Waals surface area (Å²) < 4.78 is 0. The van der Waals surface area contributed by atoms with Crippen LogP contribution in [0.1, 0.15) is 15.9 Å². The molecule has 0 aliphatic heterocycles. The van der Waals surface area contributed by atoms with Crippen molar-refractivity contribution in [3.63, 3.8) is 0 Å². The van der Waals surface area contributed by atoms with E-state index in [1.54, 1.807) is 18.3 Å². The van der Waals surface area contributed by atoms with E-state index in [0.717, 1.165) is 5.56 Å². The summed E-state index contributed by atoms with van der Waals surface area (Å²) in [5.41, 5.74) is 1.89. The Labute approximate surface area is 117 Å². The van der Waals surface area contributed by atoms with Crippen LogP contribution in [0, 0.1) is 6.92 Å². The average Bonchev–Trinajstić information content (AvgIpc) is 2.29. The number of nitrogens with zero attached hydrogens (tertiary/aromatic N) is 1. The molecule has 0 aliphatic carbocycles. The van der Waals surface area contributed by atoms with Gasteiger partial charge in [-0.3, -0.25) is 0 Å².